The summed E-state index contributed by atoms with van der Waals surface area (Å²) in [5.41, 5.74) is 1.87. The van der Waals surface area contributed by atoms with Crippen molar-refractivity contribution in [1.82, 2.24) is 10.2 Å². The number of rotatable bonds is 5. The predicted molar refractivity (Wildman–Crippen MR) is 94.4 cm³/mol. The van der Waals surface area contributed by atoms with Crippen LogP contribution < -0.4 is 5.32 Å². The van der Waals surface area contributed by atoms with Crippen molar-refractivity contribution in [3.63, 3.8) is 0 Å². The average molecular weight is 353 g/mol. The van der Waals surface area contributed by atoms with E-state index in [1.165, 1.54) is 35.8 Å². The van der Waals surface area contributed by atoms with Crippen LogP contribution in [0.1, 0.15) is 38.7 Å². The summed E-state index contributed by atoms with van der Waals surface area (Å²) in [7, 11) is 4.36. The molecule has 1 aromatic carbocycles. The molecule has 21 heavy (non-hydrogen) atoms. The lowest BCUT2D eigenvalue weighted by Gasteiger charge is -2.42. The molecule has 0 bridgehead atoms. The zero-order valence-corrected chi connectivity index (χ0v) is 15.4. The van der Waals surface area contributed by atoms with Crippen LogP contribution in [0.2, 0.25) is 0 Å². The van der Waals surface area contributed by atoms with Gasteiger partial charge in [0, 0.05) is 23.6 Å². The summed E-state index contributed by atoms with van der Waals surface area (Å²) >= 11 is 3.56. The standard InChI is InChI=1S/C18H29BrN2/c1-18(2)9-8-17(20-3)15(11-18)13-21(4)12-14-6-5-7-16(19)10-14/h5-7,10,15,17,20H,8-9,11-13H2,1-4H3. The molecule has 0 radical (unpaired) electrons. The van der Waals surface area contributed by atoms with Gasteiger partial charge in [-0.1, -0.05) is 41.9 Å². The number of benzene rings is 1. The fourth-order valence-electron chi connectivity index (χ4n) is 3.72. The van der Waals surface area contributed by atoms with Gasteiger partial charge < -0.3 is 10.2 Å². The van der Waals surface area contributed by atoms with E-state index >= 15 is 0 Å². The van der Waals surface area contributed by atoms with Crippen molar-refractivity contribution in [1.29, 1.82) is 0 Å². The minimum absolute atomic E-state index is 0.495. The molecule has 2 atom stereocenters. The Balaban J connectivity index is 1.95. The number of hydrogen-bond donors (Lipinski definition) is 1. The van der Waals surface area contributed by atoms with Crippen molar-refractivity contribution < 1.29 is 0 Å². The second-order valence-corrected chi connectivity index (χ2v) is 8.30. The highest BCUT2D eigenvalue weighted by atomic mass is 79.9. The Morgan fingerprint density at radius 3 is 2.81 bits per heavy atom. The largest absolute Gasteiger partial charge is 0.317 e. The molecular formula is C18H29BrN2. The summed E-state index contributed by atoms with van der Waals surface area (Å²) in [4.78, 5) is 2.47. The van der Waals surface area contributed by atoms with Crippen LogP contribution >= 0.6 is 15.9 Å². The molecule has 2 unspecified atom stereocenters. The Kier molecular flexibility index (Phi) is 5.87. The molecule has 2 nitrogen and oxygen atoms in total. The molecule has 3 heteroatoms. The minimum Gasteiger partial charge on any atom is -0.317 e. The fourth-order valence-corrected chi connectivity index (χ4v) is 4.17. The Morgan fingerprint density at radius 1 is 1.38 bits per heavy atom. The molecule has 0 aliphatic heterocycles. The Hall–Kier alpha value is -0.380. The van der Waals surface area contributed by atoms with Gasteiger partial charge in [-0.2, -0.15) is 0 Å². The van der Waals surface area contributed by atoms with Crippen LogP contribution in [-0.4, -0.2) is 31.6 Å². The highest BCUT2D eigenvalue weighted by molar-refractivity contribution is 9.10. The molecule has 1 aliphatic rings. The normalized spacial score (nSPS) is 25.2. The maximum atomic E-state index is 3.56. The summed E-state index contributed by atoms with van der Waals surface area (Å²) in [6.07, 6.45) is 3.96. The first-order chi connectivity index (χ1) is 9.89. The van der Waals surface area contributed by atoms with Gasteiger partial charge >= 0.3 is 0 Å². The Morgan fingerprint density at radius 2 is 2.14 bits per heavy atom. The van der Waals surface area contributed by atoms with Gasteiger partial charge in [0.05, 0.1) is 0 Å². The van der Waals surface area contributed by atoms with E-state index in [1.54, 1.807) is 0 Å². The first-order valence-electron chi connectivity index (χ1n) is 8.00. The van der Waals surface area contributed by atoms with E-state index in [-0.39, 0.29) is 0 Å². The zero-order valence-electron chi connectivity index (χ0n) is 13.8. The van der Waals surface area contributed by atoms with Gasteiger partial charge in [-0.05, 0) is 62.4 Å². The fraction of sp³-hybridized carbons (Fsp3) is 0.667. The smallest absolute Gasteiger partial charge is 0.0231 e. The molecule has 1 aliphatic carbocycles. The Bertz CT molecular complexity index is 458. The third-order valence-corrected chi connectivity index (χ3v) is 5.27. The quantitative estimate of drug-likeness (QED) is 0.849. The van der Waals surface area contributed by atoms with Crippen LogP contribution in [0.5, 0.6) is 0 Å². The van der Waals surface area contributed by atoms with E-state index in [4.69, 9.17) is 0 Å². The van der Waals surface area contributed by atoms with E-state index < -0.39 is 0 Å². The van der Waals surface area contributed by atoms with Crippen LogP contribution in [-0.2, 0) is 6.54 Å². The molecule has 118 valence electrons. The van der Waals surface area contributed by atoms with Gasteiger partial charge in [0.15, 0.2) is 0 Å². The number of nitrogens with one attached hydrogen (secondary N) is 1. The summed E-state index contributed by atoms with van der Waals surface area (Å²) in [6, 6.07) is 9.30. The van der Waals surface area contributed by atoms with Crippen molar-refractivity contribution in [2.45, 2.75) is 45.7 Å². The number of hydrogen-bond acceptors (Lipinski definition) is 2. The maximum absolute atomic E-state index is 3.56. The third-order valence-electron chi connectivity index (χ3n) is 4.77. The second-order valence-electron chi connectivity index (χ2n) is 7.39. The van der Waals surface area contributed by atoms with Gasteiger partial charge in [0.2, 0.25) is 0 Å². The zero-order chi connectivity index (χ0) is 15.5. The lowest BCUT2D eigenvalue weighted by Crippen LogP contribution is -2.45. The van der Waals surface area contributed by atoms with E-state index in [1.807, 2.05) is 0 Å². The van der Waals surface area contributed by atoms with Gasteiger partial charge in [-0.25, -0.2) is 0 Å². The first kappa shape index (κ1) is 17.0. The summed E-state index contributed by atoms with van der Waals surface area (Å²) in [6.45, 7) is 7.02. The first-order valence-corrected chi connectivity index (χ1v) is 8.79. The topological polar surface area (TPSA) is 15.3 Å². The van der Waals surface area contributed by atoms with Gasteiger partial charge in [0.1, 0.15) is 0 Å². The predicted octanol–water partition coefficient (Wildman–Crippen LogP) is 4.30. The lowest BCUT2D eigenvalue weighted by molar-refractivity contribution is 0.110. The molecule has 1 N–H and O–H groups in total. The molecule has 0 spiro atoms. The van der Waals surface area contributed by atoms with Crippen molar-refractivity contribution in [3.05, 3.63) is 34.3 Å². The molecule has 2 rings (SSSR count). The van der Waals surface area contributed by atoms with Crippen LogP contribution in [0.4, 0.5) is 0 Å². The van der Waals surface area contributed by atoms with Gasteiger partial charge in [-0.3, -0.25) is 0 Å². The van der Waals surface area contributed by atoms with E-state index in [2.05, 4.69) is 78.4 Å². The van der Waals surface area contributed by atoms with Crippen molar-refractivity contribution in [2.75, 3.05) is 20.6 Å². The molecule has 0 heterocycles. The number of halogens is 1. The Labute approximate surface area is 138 Å². The van der Waals surface area contributed by atoms with Crippen LogP contribution in [0.3, 0.4) is 0 Å². The monoisotopic (exact) mass is 352 g/mol. The van der Waals surface area contributed by atoms with E-state index in [9.17, 15) is 0 Å². The molecule has 1 aromatic rings. The highest BCUT2D eigenvalue weighted by Gasteiger charge is 2.34. The van der Waals surface area contributed by atoms with E-state index in [0.717, 1.165) is 12.5 Å². The lowest BCUT2D eigenvalue weighted by atomic mass is 9.69. The van der Waals surface area contributed by atoms with Crippen molar-refractivity contribution >= 4 is 15.9 Å². The van der Waals surface area contributed by atoms with Crippen molar-refractivity contribution in [3.8, 4) is 0 Å². The number of nitrogens with zero attached hydrogens (tertiary/aromatic N) is 1. The average Bonchev–Trinajstić information content (AvgIpc) is 2.37. The van der Waals surface area contributed by atoms with E-state index in [0.29, 0.717) is 11.5 Å². The van der Waals surface area contributed by atoms with Crippen molar-refractivity contribution in [2.24, 2.45) is 11.3 Å². The molecule has 0 saturated heterocycles. The van der Waals surface area contributed by atoms with Crippen LogP contribution in [0.25, 0.3) is 0 Å². The summed E-state index contributed by atoms with van der Waals surface area (Å²) < 4.78 is 1.17. The minimum atomic E-state index is 0.495. The van der Waals surface area contributed by atoms with Crippen LogP contribution in [0, 0.1) is 11.3 Å². The summed E-state index contributed by atoms with van der Waals surface area (Å²) in [5.74, 6) is 0.746. The second kappa shape index (κ2) is 7.26. The van der Waals surface area contributed by atoms with Gasteiger partial charge in [0.25, 0.3) is 0 Å². The van der Waals surface area contributed by atoms with Gasteiger partial charge in [-0.15, -0.1) is 0 Å². The third kappa shape index (κ3) is 5.08. The highest BCUT2D eigenvalue weighted by Crippen LogP contribution is 2.39. The SMILES string of the molecule is CNC1CCC(C)(C)CC1CN(C)Cc1cccc(Br)c1. The van der Waals surface area contributed by atoms with Crippen LogP contribution in [0.15, 0.2) is 28.7 Å². The summed E-state index contributed by atoms with van der Waals surface area (Å²) in [5, 5.41) is 3.54. The maximum Gasteiger partial charge on any atom is 0.0231 e. The molecule has 1 fully saturated rings. The molecule has 0 aromatic heterocycles. The molecule has 1 saturated carbocycles. The molecule has 0 amide bonds. The molecular weight excluding hydrogens is 324 g/mol.